The van der Waals surface area contributed by atoms with Crippen molar-refractivity contribution < 1.29 is 23.9 Å². The van der Waals surface area contributed by atoms with E-state index in [1.54, 1.807) is 31.4 Å². The molecule has 0 saturated carbocycles. The van der Waals surface area contributed by atoms with Crippen molar-refractivity contribution in [1.82, 2.24) is 9.13 Å². The quantitative estimate of drug-likeness (QED) is 0.497. The Labute approximate surface area is 171 Å². The Balaban J connectivity index is 2.05. The number of aromatic nitrogens is 2. The molecule has 158 valence electrons. The van der Waals surface area contributed by atoms with Crippen LogP contribution in [0.5, 0.6) is 0 Å². The predicted molar refractivity (Wildman–Crippen MR) is 109 cm³/mol. The maximum atomic E-state index is 12.6. The molecular weight excluding hydrogens is 372 g/mol. The van der Waals surface area contributed by atoms with Crippen LogP contribution < -0.4 is 0 Å². The number of rotatable bonds is 8. The second kappa shape index (κ2) is 9.11. The van der Waals surface area contributed by atoms with E-state index in [-0.39, 0.29) is 31.6 Å². The summed E-state index contributed by atoms with van der Waals surface area (Å²) in [6, 6.07) is 3.76. The Hall–Kier alpha value is -2.83. The highest BCUT2D eigenvalue weighted by Gasteiger charge is 2.21. The molecule has 0 aliphatic carbocycles. The number of carbonyl (C=O) groups is 3. The molecule has 0 saturated heterocycles. The first kappa shape index (κ1) is 22.5. The van der Waals surface area contributed by atoms with Gasteiger partial charge in [0.15, 0.2) is 6.61 Å². The summed E-state index contributed by atoms with van der Waals surface area (Å²) in [6.45, 7) is 13.1. The normalized spacial score (nSPS) is 11.0. The molecule has 7 heteroatoms. The number of carbonyl (C=O) groups excluding carboxylic acids is 3. The van der Waals surface area contributed by atoms with Crippen LogP contribution in [0.25, 0.3) is 0 Å². The number of ketones is 1. The van der Waals surface area contributed by atoms with Crippen molar-refractivity contribution in [1.29, 1.82) is 0 Å². The number of hydrogen-bond donors (Lipinski definition) is 0. The van der Waals surface area contributed by atoms with Gasteiger partial charge in [-0.15, -0.1) is 0 Å². The molecule has 0 aliphatic heterocycles. The SMILES string of the molecule is CCOC(=O)c1cc(C)n(CC(=O)OCC(=O)c2cc(C)n(C(C)C)c2C)c1C. The van der Waals surface area contributed by atoms with Gasteiger partial charge in [-0.2, -0.15) is 0 Å². The lowest BCUT2D eigenvalue weighted by Gasteiger charge is -2.13. The molecule has 2 rings (SSSR count). The highest BCUT2D eigenvalue weighted by molar-refractivity contribution is 5.99. The van der Waals surface area contributed by atoms with E-state index in [1.165, 1.54) is 0 Å². The summed E-state index contributed by atoms with van der Waals surface area (Å²) in [5, 5.41) is 0. The van der Waals surface area contributed by atoms with Crippen molar-refractivity contribution in [3.05, 3.63) is 46.0 Å². The molecular formula is C22H30N2O5. The van der Waals surface area contributed by atoms with Crippen LogP contribution in [-0.2, 0) is 20.8 Å². The molecule has 2 aromatic rings. The number of Topliss-reactive ketones (excluding diaryl/α,β-unsaturated/α-hetero) is 1. The van der Waals surface area contributed by atoms with E-state index < -0.39 is 11.9 Å². The Morgan fingerprint density at radius 1 is 0.931 bits per heavy atom. The zero-order chi connectivity index (χ0) is 21.9. The van der Waals surface area contributed by atoms with E-state index in [0.717, 1.165) is 17.1 Å². The van der Waals surface area contributed by atoms with Gasteiger partial charge in [0, 0.05) is 34.4 Å². The average Bonchev–Trinajstić information content (AvgIpc) is 3.10. The number of aryl methyl sites for hydroxylation is 2. The fourth-order valence-corrected chi connectivity index (χ4v) is 3.71. The van der Waals surface area contributed by atoms with Crippen molar-refractivity contribution in [2.24, 2.45) is 0 Å². The standard InChI is InChI=1S/C22H30N2O5/c1-8-28-22(27)19-9-14(4)23(16(19)6)11-21(26)29-12-20(25)18-10-15(5)24(13(2)3)17(18)7/h9-10,13H,8,11-12H2,1-7H3. The molecule has 7 nitrogen and oxygen atoms in total. The maximum absolute atomic E-state index is 12.6. The van der Waals surface area contributed by atoms with Crippen LogP contribution in [0, 0.1) is 27.7 Å². The highest BCUT2D eigenvalue weighted by atomic mass is 16.5. The number of hydrogen-bond acceptors (Lipinski definition) is 5. The molecule has 0 aliphatic rings. The number of ether oxygens (including phenoxy) is 2. The lowest BCUT2D eigenvalue weighted by atomic mass is 10.1. The topological polar surface area (TPSA) is 79.5 Å². The average molecular weight is 402 g/mol. The van der Waals surface area contributed by atoms with Gasteiger partial charge in [-0.1, -0.05) is 0 Å². The van der Waals surface area contributed by atoms with Crippen molar-refractivity contribution in [2.75, 3.05) is 13.2 Å². The maximum Gasteiger partial charge on any atom is 0.339 e. The minimum Gasteiger partial charge on any atom is -0.462 e. The third-order valence-corrected chi connectivity index (χ3v) is 5.02. The van der Waals surface area contributed by atoms with Crippen molar-refractivity contribution in [2.45, 2.75) is 61.1 Å². The first-order valence-corrected chi connectivity index (χ1v) is 9.79. The Morgan fingerprint density at radius 2 is 1.55 bits per heavy atom. The minimum absolute atomic E-state index is 0.0740. The zero-order valence-electron chi connectivity index (χ0n) is 18.3. The van der Waals surface area contributed by atoms with Crippen molar-refractivity contribution in [3.63, 3.8) is 0 Å². The molecule has 2 aromatic heterocycles. The van der Waals surface area contributed by atoms with Crippen molar-refractivity contribution in [3.8, 4) is 0 Å². The van der Waals surface area contributed by atoms with Gasteiger partial charge in [0.1, 0.15) is 6.54 Å². The summed E-state index contributed by atoms with van der Waals surface area (Å²) in [5.74, 6) is -1.18. The molecule has 0 spiro atoms. The van der Waals surface area contributed by atoms with Gasteiger partial charge in [-0.25, -0.2) is 4.79 Å². The summed E-state index contributed by atoms with van der Waals surface area (Å²) in [5.41, 5.74) is 4.24. The van der Waals surface area contributed by atoms with Gasteiger partial charge >= 0.3 is 11.9 Å². The molecule has 0 radical (unpaired) electrons. The van der Waals surface area contributed by atoms with Crippen LogP contribution >= 0.6 is 0 Å². The van der Waals surface area contributed by atoms with E-state index in [1.807, 2.05) is 19.9 Å². The van der Waals surface area contributed by atoms with Gasteiger partial charge in [-0.05, 0) is 60.6 Å². The molecule has 0 amide bonds. The number of esters is 2. The van der Waals surface area contributed by atoms with Crippen molar-refractivity contribution >= 4 is 17.7 Å². The molecule has 29 heavy (non-hydrogen) atoms. The van der Waals surface area contributed by atoms with E-state index in [9.17, 15) is 14.4 Å². The second-order valence-electron chi connectivity index (χ2n) is 7.42. The molecule has 0 bridgehead atoms. The molecule has 0 fully saturated rings. The molecule has 0 N–H and O–H groups in total. The molecule has 0 unspecified atom stereocenters. The van der Waals surface area contributed by atoms with E-state index >= 15 is 0 Å². The summed E-state index contributed by atoms with van der Waals surface area (Å²) in [6.07, 6.45) is 0. The first-order chi connectivity index (χ1) is 13.6. The lowest BCUT2D eigenvalue weighted by molar-refractivity contribution is -0.143. The highest BCUT2D eigenvalue weighted by Crippen LogP contribution is 2.21. The fraction of sp³-hybridized carbons (Fsp3) is 0.500. The summed E-state index contributed by atoms with van der Waals surface area (Å²) in [4.78, 5) is 36.9. The fourth-order valence-electron chi connectivity index (χ4n) is 3.71. The Bertz CT molecular complexity index is 934. The number of nitrogens with zero attached hydrogens (tertiary/aromatic N) is 2. The van der Waals surface area contributed by atoms with Crippen LogP contribution in [0.3, 0.4) is 0 Å². The van der Waals surface area contributed by atoms with E-state index in [4.69, 9.17) is 9.47 Å². The Morgan fingerprint density at radius 3 is 2.10 bits per heavy atom. The monoisotopic (exact) mass is 402 g/mol. The van der Waals surface area contributed by atoms with Gasteiger partial charge in [0.05, 0.1) is 12.2 Å². The molecule has 0 aromatic carbocycles. The smallest absolute Gasteiger partial charge is 0.339 e. The zero-order valence-corrected chi connectivity index (χ0v) is 18.3. The van der Waals surface area contributed by atoms with Crippen LogP contribution in [0.15, 0.2) is 12.1 Å². The summed E-state index contributed by atoms with van der Waals surface area (Å²) in [7, 11) is 0. The minimum atomic E-state index is -0.534. The summed E-state index contributed by atoms with van der Waals surface area (Å²) >= 11 is 0. The van der Waals surface area contributed by atoms with E-state index in [0.29, 0.717) is 16.8 Å². The van der Waals surface area contributed by atoms with Crippen LogP contribution in [0.1, 0.15) is 70.3 Å². The van der Waals surface area contributed by atoms with Gasteiger partial charge < -0.3 is 18.6 Å². The van der Waals surface area contributed by atoms with Gasteiger partial charge in [-0.3, -0.25) is 9.59 Å². The van der Waals surface area contributed by atoms with Gasteiger partial charge in [0.25, 0.3) is 0 Å². The van der Waals surface area contributed by atoms with E-state index in [2.05, 4.69) is 18.4 Å². The second-order valence-corrected chi connectivity index (χ2v) is 7.42. The summed E-state index contributed by atoms with van der Waals surface area (Å²) < 4.78 is 14.0. The van der Waals surface area contributed by atoms with Crippen LogP contribution in [0.2, 0.25) is 0 Å². The molecule has 2 heterocycles. The first-order valence-electron chi connectivity index (χ1n) is 9.79. The van der Waals surface area contributed by atoms with Crippen LogP contribution in [0.4, 0.5) is 0 Å². The third-order valence-electron chi connectivity index (χ3n) is 5.02. The Kier molecular flexibility index (Phi) is 7.06. The predicted octanol–water partition coefficient (Wildman–Crippen LogP) is 3.71. The van der Waals surface area contributed by atoms with Gasteiger partial charge in [0.2, 0.25) is 5.78 Å². The third kappa shape index (κ3) is 4.78. The largest absolute Gasteiger partial charge is 0.462 e. The van der Waals surface area contributed by atoms with Crippen LogP contribution in [-0.4, -0.2) is 40.1 Å². The molecule has 0 atom stereocenters. The lowest BCUT2D eigenvalue weighted by Crippen LogP contribution is -2.20.